The van der Waals surface area contributed by atoms with Crippen molar-refractivity contribution in [1.82, 2.24) is 9.97 Å². The zero-order valence-electron chi connectivity index (χ0n) is 19.0. The van der Waals surface area contributed by atoms with E-state index >= 15 is 0 Å². The van der Waals surface area contributed by atoms with Crippen LogP contribution in [0.2, 0.25) is 0 Å². The van der Waals surface area contributed by atoms with Crippen LogP contribution in [-0.4, -0.2) is 34.4 Å². The van der Waals surface area contributed by atoms with Crippen molar-refractivity contribution in [2.45, 2.75) is 31.7 Å². The largest absolute Gasteiger partial charge is 0.370 e. The van der Waals surface area contributed by atoms with E-state index < -0.39 is 0 Å². The van der Waals surface area contributed by atoms with Crippen molar-refractivity contribution in [1.29, 1.82) is 0 Å². The van der Waals surface area contributed by atoms with Gasteiger partial charge in [0.15, 0.2) is 5.96 Å². The van der Waals surface area contributed by atoms with Crippen molar-refractivity contribution in [3.8, 4) is 11.3 Å². The number of carbonyl (C=O) groups excluding carboxylic acids is 1. The van der Waals surface area contributed by atoms with E-state index in [1.165, 1.54) is 0 Å². The quantitative estimate of drug-likeness (QED) is 0.148. The Kier molecular flexibility index (Phi) is 5.71. The number of nitrogens with two attached hydrogens (primary N) is 2. The molecule has 5 rings (SSSR count). The lowest BCUT2D eigenvalue weighted by Gasteiger charge is -2.13. The number of nitrogens with zero attached hydrogens (tertiary/aromatic N) is 3. The number of hydrogen-bond donors (Lipinski definition) is 4. The minimum absolute atomic E-state index is 0.000345. The van der Waals surface area contributed by atoms with E-state index in [4.69, 9.17) is 16.5 Å². The average molecular weight is 455 g/mol. The molecular weight excluding hydrogens is 426 g/mol. The van der Waals surface area contributed by atoms with Crippen molar-refractivity contribution >= 4 is 28.6 Å². The Morgan fingerprint density at radius 1 is 1.15 bits per heavy atom. The first-order chi connectivity index (χ1) is 16.5. The van der Waals surface area contributed by atoms with Gasteiger partial charge in [0.25, 0.3) is 0 Å². The molecular formula is C26H28N7O+. The minimum Gasteiger partial charge on any atom is -0.370 e. The summed E-state index contributed by atoms with van der Waals surface area (Å²) in [5.74, 6) is 0.830. The normalized spacial score (nSPS) is 15.7. The molecule has 0 saturated carbocycles. The summed E-state index contributed by atoms with van der Waals surface area (Å²) in [5, 5.41) is 4.53. The van der Waals surface area contributed by atoms with E-state index in [9.17, 15) is 4.79 Å². The third kappa shape index (κ3) is 3.98. The lowest BCUT2D eigenvalue weighted by molar-refractivity contribution is -0.552. The summed E-state index contributed by atoms with van der Waals surface area (Å²) in [5.41, 5.74) is 15.6. The van der Waals surface area contributed by atoms with Gasteiger partial charge in [-0.3, -0.25) is 10.3 Å². The van der Waals surface area contributed by atoms with E-state index in [0.717, 1.165) is 39.2 Å². The van der Waals surface area contributed by atoms with Crippen LogP contribution in [0.3, 0.4) is 0 Å². The fourth-order valence-electron chi connectivity index (χ4n) is 4.57. The number of nitrogens with one attached hydrogen (secondary N) is 2. The highest BCUT2D eigenvalue weighted by atomic mass is 16.2. The second-order valence-electron chi connectivity index (χ2n) is 8.61. The van der Waals surface area contributed by atoms with Crippen LogP contribution in [0.4, 0.5) is 5.82 Å². The Labute approximate surface area is 197 Å². The molecule has 0 saturated heterocycles. The molecule has 2 aromatic heterocycles. The SMILES string of the molecule is CC(c1ccccc1)C1Nc2c(CCCN=C(N)N)nc(-c3c[nH]c4ccccc34)c[n+]2C1=O. The van der Waals surface area contributed by atoms with Gasteiger partial charge in [-0.2, -0.15) is 4.57 Å². The molecule has 0 spiro atoms. The number of aromatic amines is 1. The van der Waals surface area contributed by atoms with Gasteiger partial charge < -0.3 is 16.5 Å². The van der Waals surface area contributed by atoms with Crippen molar-refractivity contribution in [2.24, 2.45) is 16.5 Å². The number of para-hydroxylation sites is 1. The first-order valence-electron chi connectivity index (χ1n) is 11.5. The molecule has 1 aliphatic rings. The molecule has 8 nitrogen and oxygen atoms in total. The maximum atomic E-state index is 13.6. The van der Waals surface area contributed by atoms with Crippen molar-refractivity contribution in [3.05, 3.63) is 78.2 Å². The van der Waals surface area contributed by atoms with Crippen molar-refractivity contribution in [2.75, 3.05) is 11.9 Å². The molecule has 172 valence electrons. The second-order valence-corrected chi connectivity index (χ2v) is 8.61. The molecule has 4 aromatic rings. The Morgan fingerprint density at radius 2 is 1.91 bits per heavy atom. The van der Waals surface area contributed by atoms with Gasteiger partial charge in [0, 0.05) is 35.1 Å². The highest BCUT2D eigenvalue weighted by Crippen LogP contribution is 2.31. The number of aromatic nitrogens is 3. The summed E-state index contributed by atoms with van der Waals surface area (Å²) in [4.78, 5) is 26.0. The van der Waals surface area contributed by atoms with Crippen LogP contribution in [0, 0.1) is 0 Å². The molecule has 2 unspecified atom stereocenters. The second kappa shape index (κ2) is 8.97. The number of carbonyl (C=O) groups is 1. The molecule has 1 aliphatic heterocycles. The van der Waals surface area contributed by atoms with E-state index in [0.29, 0.717) is 19.4 Å². The smallest absolute Gasteiger partial charge is 0.359 e. The molecule has 0 amide bonds. The van der Waals surface area contributed by atoms with Crippen LogP contribution >= 0.6 is 0 Å². The lowest BCUT2D eigenvalue weighted by Crippen LogP contribution is -2.45. The van der Waals surface area contributed by atoms with E-state index in [2.05, 4.69) is 40.4 Å². The number of aryl methyl sites for hydroxylation is 1. The first-order valence-corrected chi connectivity index (χ1v) is 11.5. The number of aliphatic imine (C=N–C) groups is 1. The average Bonchev–Trinajstić information content (AvgIpc) is 3.43. The molecule has 0 aliphatic carbocycles. The van der Waals surface area contributed by atoms with Gasteiger partial charge in [-0.1, -0.05) is 55.5 Å². The van der Waals surface area contributed by atoms with Gasteiger partial charge in [-0.15, -0.1) is 0 Å². The van der Waals surface area contributed by atoms with Crippen LogP contribution < -0.4 is 21.4 Å². The molecule has 3 heterocycles. The summed E-state index contributed by atoms with van der Waals surface area (Å²) in [6.45, 7) is 2.57. The summed E-state index contributed by atoms with van der Waals surface area (Å²) in [6.07, 6.45) is 5.14. The zero-order valence-corrected chi connectivity index (χ0v) is 19.0. The number of fused-ring (bicyclic) bond motifs is 2. The number of rotatable bonds is 7. The number of H-pyrrole nitrogens is 1. The van der Waals surface area contributed by atoms with Crippen LogP contribution in [0.15, 0.2) is 72.0 Å². The third-order valence-electron chi connectivity index (χ3n) is 6.37. The fourth-order valence-corrected chi connectivity index (χ4v) is 4.57. The Balaban J connectivity index is 1.54. The molecule has 0 bridgehead atoms. The van der Waals surface area contributed by atoms with Gasteiger partial charge in [-0.05, 0) is 24.5 Å². The van der Waals surface area contributed by atoms with Gasteiger partial charge in [0.2, 0.25) is 6.04 Å². The highest BCUT2D eigenvalue weighted by molar-refractivity contribution is 5.94. The summed E-state index contributed by atoms with van der Waals surface area (Å²) in [6, 6.07) is 17.8. The third-order valence-corrected chi connectivity index (χ3v) is 6.37. The molecule has 2 aromatic carbocycles. The molecule has 2 atom stereocenters. The molecule has 0 radical (unpaired) electrons. The van der Waals surface area contributed by atoms with Crippen LogP contribution in [0.25, 0.3) is 22.2 Å². The Morgan fingerprint density at radius 3 is 2.71 bits per heavy atom. The Bertz CT molecular complexity index is 1370. The number of benzene rings is 2. The van der Waals surface area contributed by atoms with Crippen LogP contribution in [0.1, 0.15) is 35.3 Å². The minimum atomic E-state index is -0.376. The summed E-state index contributed by atoms with van der Waals surface area (Å²) < 4.78 is 1.73. The summed E-state index contributed by atoms with van der Waals surface area (Å²) >= 11 is 0. The topological polar surface area (TPSA) is 126 Å². The van der Waals surface area contributed by atoms with Gasteiger partial charge >= 0.3 is 11.7 Å². The van der Waals surface area contributed by atoms with E-state index in [1.807, 2.05) is 48.8 Å². The van der Waals surface area contributed by atoms with E-state index in [-0.39, 0.29) is 23.8 Å². The maximum Gasteiger partial charge on any atom is 0.359 e. The van der Waals surface area contributed by atoms with Crippen molar-refractivity contribution in [3.63, 3.8) is 0 Å². The fraction of sp³-hybridized carbons (Fsp3) is 0.231. The summed E-state index contributed by atoms with van der Waals surface area (Å²) in [7, 11) is 0. The van der Waals surface area contributed by atoms with Gasteiger partial charge in [0.05, 0.1) is 0 Å². The molecule has 34 heavy (non-hydrogen) atoms. The predicted molar refractivity (Wildman–Crippen MR) is 134 cm³/mol. The lowest BCUT2D eigenvalue weighted by atomic mass is 9.93. The predicted octanol–water partition coefficient (Wildman–Crippen LogP) is 2.96. The van der Waals surface area contributed by atoms with Gasteiger partial charge in [0.1, 0.15) is 17.6 Å². The highest BCUT2D eigenvalue weighted by Gasteiger charge is 2.44. The van der Waals surface area contributed by atoms with Crippen LogP contribution in [0.5, 0.6) is 0 Å². The molecule has 8 heteroatoms. The number of anilines is 1. The molecule has 0 fully saturated rings. The van der Waals surface area contributed by atoms with Gasteiger partial charge in [-0.25, -0.2) is 9.78 Å². The van der Waals surface area contributed by atoms with Crippen LogP contribution in [-0.2, 0) is 6.42 Å². The Hall–Kier alpha value is -4.20. The van der Waals surface area contributed by atoms with Crippen molar-refractivity contribution < 1.29 is 9.36 Å². The monoisotopic (exact) mass is 454 g/mol. The van der Waals surface area contributed by atoms with E-state index in [1.54, 1.807) is 4.57 Å². The maximum absolute atomic E-state index is 13.6. The standard InChI is InChI=1S/C26H27N7O/c1-16(17-8-3-2-4-9-17)23-25(34)33-15-22(19-14-30-20-11-6-5-10-18(19)20)31-21(24(33)32-23)12-7-13-29-26(27)28/h2-6,8-11,14-16,23,30H,7,12-13H2,1H3,(H4,27,28,29)/p+1. The number of guanidine groups is 1. The first kappa shape index (κ1) is 21.6. The number of hydrogen-bond acceptors (Lipinski definition) is 4. The molecule has 6 N–H and O–H groups in total. The zero-order chi connectivity index (χ0) is 23.7.